The minimum atomic E-state index is -0.989. The summed E-state index contributed by atoms with van der Waals surface area (Å²) in [6, 6.07) is 3.06. The number of aromatic nitrogens is 2. The number of aliphatic hydroxyl groups is 1. The number of rotatable bonds is 3. The van der Waals surface area contributed by atoms with Crippen LogP contribution in [0.25, 0.3) is 10.9 Å². The lowest BCUT2D eigenvalue weighted by Crippen LogP contribution is -2.47. The molecule has 6 heteroatoms. The molecule has 0 spiro atoms. The van der Waals surface area contributed by atoms with Crippen molar-refractivity contribution in [2.24, 2.45) is 0 Å². The molecule has 0 saturated heterocycles. The van der Waals surface area contributed by atoms with Crippen molar-refractivity contribution in [3.8, 4) is 0 Å². The van der Waals surface area contributed by atoms with Crippen LogP contribution in [0.15, 0.2) is 29.0 Å². The molecule has 0 aliphatic carbocycles. The zero-order valence-electron chi connectivity index (χ0n) is 11.5. The first-order valence-corrected chi connectivity index (χ1v) is 7.02. The Morgan fingerprint density at radius 3 is 2.75 bits per heavy atom. The van der Waals surface area contributed by atoms with Gasteiger partial charge in [0.2, 0.25) is 0 Å². The van der Waals surface area contributed by atoms with E-state index >= 15 is 0 Å². The Balaban J connectivity index is 2.29. The van der Waals surface area contributed by atoms with Crippen LogP contribution in [0.3, 0.4) is 0 Å². The summed E-state index contributed by atoms with van der Waals surface area (Å²) in [5.74, 6) is -0.315. The van der Waals surface area contributed by atoms with Crippen molar-refractivity contribution < 1.29 is 9.90 Å². The van der Waals surface area contributed by atoms with Crippen molar-refractivity contribution in [1.82, 2.24) is 15.3 Å². The lowest BCUT2D eigenvalue weighted by atomic mass is 10.0. The van der Waals surface area contributed by atoms with E-state index in [4.69, 9.17) is 0 Å². The van der Waals surface area contributed by atoms with E-state index in [1.165, 1.54) is 0 Å². The molecule has 1 atom stereocenters. The summed E-state index contributed by atoms with van der Waals surface area (Å²) in [5, 5.41) is 13.4. The summed E-state index contributed by atoms with van der Waals surface area (Å²) in [7, 11) is 0. The highest BCUT2D eigenvalue weighted by molar-refractivity contribution is 9.10. The van der Waals surface area contributed by atoms with E-state index in [-0.39, 0.29) is 11.9 Å². The van der Waals surface area contributed by atoms with Gasteiger partial charge in [0.15, 0.2) is 0 Å². The largest absolute Gasteiger partial charge is 0.388 e. The molecule has 5 nitrogen and oxygen atoms in total. The molecule has 20 heavy (non-hydrogen) atoms. The van der Waals surface area contributed by atoms with E-state index in [1.807, 2.05) is 0 Å². The summed E-state index contributed by atoms with van der Waals surface area (Å²) in [6.45, 7) is 5.04. The molecule has 0 saturated carbocycles. The molecule has 0 aliphatic heterocycles. The van der Waals surface area contributed by atoms with Gasteiger partial charge in [-0.1, -0.05) is 0 Å². The van der Waals surface area contributed by atoms with E-state index in [1.54, 1.807) is 45.3 Å². The Labute approximate surface area is 125 Å². The Bertz CT molecular complexity index is 652. The van der Waals surface area contributed by atoms with Gasteiger partial charge in [0.05, 0.1) is 21.6 Å². The highest BCUT2D eigenvalue weighted by Crippen LogP contribution is 2.20. The minimum absolute atomic E-state index is 0.306. The van der Waals surface area contributed by atoms with E-state index < -0.39 is 5.60 Å². The Morgan fingerprint density at radius 1 is 1.40 bits per heavy atom. The predicted molar refractivity (Wildman–Crippen MR) is 80.5 cm³/mol. The topological polar surface area (TPSA) is 75.1 Å². The fourth-order valence-corrected chi connectivity index (χ4v) is 2.02. The maximum atomic E-state index is 12.1. The van der Waals surface area contributed by atoms with E-state index in [9.17, 15) is 9.90 Å². The Kier molecular flexibility index (Phi) is 4.06. The quantitative estimate of drug-likeness (QED) is 0.900. The number of fused-ring (bicyclic) bond motifs is 1. The Hall–Kier alpha value is -1.53. The summed E-state index contributed by atoms with van der Waals surface area (Å²) >= 11 is 3.37. The van der Waals surface area contributed by atoms with Gasteiger partial charge in [0, 0.05) is 17.8 Å². The van der Waals surface area contributed by atoms with Gasteiger partial charge < -0.3 is 10.4 Å². The number of amides is 1. The number of hydrogen-bond donors (Lipinski definition) is 2. The molecule has 0 radical (unpaired) electrons. The zero-order valence-corrected chi connectivity index (χ0v) is 13.1. The third kappa shape index (κ3) is 3.13. The lowest BCUT2D eigenvalue weighted by Gasteiger charge is -2.26. The maximum absolute atomic E-state index is 12.1. The fraction of sp³-hybridized carbons (Fsp3) is 0.357. The van der Waals surface area contributed by atoms with Crippen molar-refractivity contribution in [3.05, 3.63) is 34.7 Å². The first-order valence-electron chi connectivity index (χ1n) is 6.22. The summed E-state index contributed by atoms with van der Waals surface area (Å²) < 4.78 is 0.736. The van der Waals surface area contributed by atoms with Crippen LogP contribution >= 0.6 is 15.9 Å². The Morgan fingerprint density at radius 2 is 2.10 bits per heavy atom. The molecule has 2 N–H and O–H groups in total. The lowest BCUT2D eigenvalue weighted by molar-refractivity contribution is 0.0407. The first-order chi connectivity index (χ1) is 9.29. The fourth-order valence-electron chi connectivity index (χ4n) is 1.58. The normalized spacial score (nSPS) is 13.2. The first kappa shape index (κ1) is 14.9. The predicted octanol–water partition coefficient (Wildman–Crippen LogP) is 2.28. The van der Waals surface area contributed by atoms with Crippen LogP contribution in [0.4, 0.5) is 0 Å². The van der Waals surface area contributed by atoms with Crippen molar-refractivity contribution in [2.45, 2.75) is 32.4 Å². The van der Waals surface area contributed by atoms with Gasteiger partial charge in [-0.05, 0) is 48.8 Å². The SMILES string of the molecule is CC(NC(=O)c1ccc2cncc(Br)c2n1)C(C)(C)O. The molecule has 0 aromatic carbocycles. The van der Waals surface area contributed by atoms with E-state index in [0.717, 1.165) is 9.86 Å². The molecule has 1 unspecified atom stereocenters. The van der Waals surface area contributed by atoms with Crippen LogP contribution in [-0.4, -0.2) is 32.6 Å². The summed E-state index contributed by atoms with van der Waals surface area (Å²) in [4.78, 5) is 20.5. The number of pyridine rings is 2. The summed E-state index contributed by atoms with van der Waals surface area (Å²) in [6.07, 6.45) is 3.32. The van der Waals surface area contributed by atoms with Crippen LogP contribution in [0.5, 0.6) is 0 Å². The third-order valence-electron chi connectivity index (χ3n) is 3.19. The van der Waals surface area contributed by atoms with Gasteiger partial charge in [0.25, 0.3) is 5.91 Å². The van der Waals surface area contributed by atoms with Gasteiger partial charge in [0.1, 0.15) is 5.69 Å². The van der Waals surface area contributed by atoms with Gasteiger partial charge in [-0.25, -0.2) is 4.98 Å². The van der Waals surface area contributed by atoms with Crippen molar-refractivity contribution >= 4 is 32.7 Å². The average molecular weight is 338 g/mol. The van der Waals surface area contributed by atoms with Gasteiger partial charge in [-0.3, -0.25) is 9.78 Å². The number of hydrogen-bond acceptors (Lipinski definition) is 4. The van der Waals surface area contributed by atoms with Crippen LogP contribution in [-0.2, 0) is 0 Å². The van der Waals surface area contributed by atoms with E-state index in [0.29, 0.717) is 11.2 Å². The summed E-state index contributed by atoms with van der Waals surface area (Å²) in [5.41, 5.74) is 0.000796. The highest BCUT2D eigenvalue weighted by atomic mass is 79.9. The smallest absolute Gasteiger partial charge is 0.270 e. The van der Waals surface area contributed by atoms with Gasteiger partial charge in [-0.2, -0.15) is 0 Å². The molecule has 1 amide bonds. The third-order valence-corrected chi connectivity index (χ3v) is 3.77. The second kappa shape index (κ2) is 5.46. The van der Waals surface area contributed by atoms with Crippen LogP contribution in [0, 0.1) is 0 Å². The molecular weight excluding hydrogens is 322 g/mol. The monoisotopic (exact) mass is 337 g/mol. The maximum Gasteiger partial charge on any atom is 0.270 e. The van der Waals surface area contributed by atoms with Crippen molar-refractivity contribution in [3.63, 3.8) is 0 Å². The number of nitrogens with one attached hydrogen (secondary N) is 1. The molecule has 0 fully saturated rings. The molecule has 106 valence electrons. The molecule has 2 heterocycles. The molecule has 2 aromatic rings. The number of carbonyl (C=O) groups is 1. The van der Waals surface area contributed by atoms with Crippen LogP contribution in [0.1, 0.15) is 31.3 Å². The van der Waals surface area contributed by atoms with Gasteiger partial charge >= 0.3 is 0 Å². The van der Waals surface area contributed by atoms with Crippen molar-refractivity contribution in [1.29, 1.82) is 0 Å². The number of nitrogens with zero attached hydrogens (tertiary/aromatic N) is 2. The van der Waals surface area contributed by atoms with E-state index in [2.05, 4.69) is 31.2 Å². The molecule has 2 rings (SSSR count). The van der Waals surface area contributed by atoms with Crippen LogP contribution in [0.2, 0.25) is 0 Å². The average Bonchev–Trinajstić information content (AvgIpc) is 2.37. The standard InChI is InChI=1S/C14H16BrN3O2/c1-8(14(2,3)20)17-13(19)11-5-4-9-6-16-7-10(15)12(9)18-11/h4-8,20H,1-3H3,(H,17,19). The number of halogens is 1. The second-order valence-corrected chi connectivity index (χ2v) is 6.09. The molecule has 0 bridgehead atoms. The van der Waals surface area contributed by atoms with Crippen LogP contribution < -0.4 is 5.32 Å². The van der Waals surface area contributed by atoms with Gasteiger partial charge in [-0.15, -0.1) is 0 Å². The highest BCUT2D eigenvalue weighted by Gasteiger charge is 2.24. The molecule has 0 aliphatic rings. The van der Waals surface area contributed by atoms with Crippen molar-refractivity contribution in [2.75, 3.05) is 0 Å². The minimum Gasteiger partial charge on any atom is -0.388 e. The number of carbonyl (C=O) groups excluding carboxylic acids is 1. The second-order valence-electron chi connectivity index (χ2n) is 5.24. The zero-order chi connectivity index (χ0) is 14.9. The molecular formula is C14H16BrN3O2. The molecule has 2 aromatic heterocycles.